The summed E-state index contributed by atoms with van der Waals surface area (Å²) < 4.78 is 2.90. The average Bonchev–Trinajstić information content (AvgIpc) is 3.16. The van der Waals surface area contributed by atoms with Gasteiger partial charge in [-0.2, -0.15) is 10.4 Å². The molecule has 0 saturated carbocycles. The number of nitrogens with one attached hydrogen (secondary N) is 1. The number of nitrogens with two attached hydrogens (primary N) is 1. The van der Waals surface area contributed by atoms with Crippen molar-refractivity contribution in [2.24, 2.45) is 0 Å². The Morgan fingerprint density at radius 1 is 1.33 bits per heavy atom. The standard InChI is InChI=1S/C17H18N8OS/c1-10-8-11(2)25(23-10)16-21-22-17(24(16)19)27-12(3)15(26)20-14-7-5-4-6-13(14)9-18/h4-8,12H,19H2,1-3H3,(H,20,26)/t12-/m0/s1. The van der Waals surface area contributed by atoms with Gasteiger partial charge in [0.15, 0.2) is 0 Å². The Bertz CT molecular complexity index is 1030. The number of nitrogen functional groups attached to an aromatic ring is 1. The molecule has 1 atom stereocenters. The number of amides is 1. The second-order valence-electron chi connectivity index (χ2n) is 5.90. The summed E-state index contributed by atoms with van der Waals surface area (Å²) in [7, 11) is 0. The summed E-state index contributed by atoms with van der Waals surface area (Å²) in [6.45, 7) is 5.50. The molecule has 0 fully saturated rings. The molecule has 3 rings (SSSR count). The van der Waals surface area contributed by atoms with E-state index in [2.05, 4.69) is 20.6 Å². The number of carbonyl (C=O) groups excluding carboxylic acids is 1. The predicted octanol–water partition coefficient (Wildman–Crippen LogP) is 1.79. The van der Waals surface area contributed by atoms with E-state index in [4.69, 9.17) is 11.1 Å². The number of para-hydroxylation sites is 1. The summed E-state index contributed by atoms with van der Waals surface area (Å²) in [6, 6.07) is 10.8. The van der Waals surface area contributed by atoms with Gasteiger partial charge in [0.05, 0.1) is 22.2 Å². The van der Waals surface area contributed by atoms with Crippen molar-refractivity contribution >= 4 is 23.4 Å². The van der Waals surface area contributed by atoms with E-state index in [1.807, 2.05) is 26.0 Å². The number of benzene rings is 1. The molecule has 1 aromatic carbocycles. The van der Waals surface area contributed by atoms with Crippen molar-refractivity contribution in [2.75, 3.05) is 11.2 Å². The van der Waals surface area contributed by atoms with E-state index >= 15 is 0 Å². The van der Waals surface area contributed by atoms with Crippen molar-refractivity contribution in [2.45, 2.75) is 31.2 Å². The first-order valence-corrected chi connectivity index (χ1v) is 8.99. The van der Waals surface area contributed by atoms with Crippen LogP contribution in [0, 0.1) is 25.2 Å². The lowest BCUT2D eigenvalue weighted by Gasteiger charge is -2.12. The maximum atomic E-state index is 12.5. The van der Waals surface area contributed by atoms with Gasteiger partial charge in [-0.1, -0.05) is 23.9 Å². The molecule has 3 aromatic rings. The fraction of sp³-hybridized carbons (Fsp3) is 0.235. The molecule has 27 heavy (non-hydrogen) atoms. The van der Waals surface area contributed by atoms with Gasteiger partial charge in [-0.25, -0.2) is 9.36 Å². The minimum atomic E-state index is -0.503. The molecule has 0 unspecified atom stereocenters. The first kappa shape index (κ1) is 18.5. The summed E-state index contributed by atoms with van der Waals surface area (Å²) >= 11 is 1.17. The third-order valence-corrected chi connectivity index (χ3v) is 4.86. The topological polar surface area (TPSA) is 127 Å². The Kier molecular flexibility index (Phi) is 5.14. The maximum Gasteiger partial charge on any atom is 0.271 e. The highest BCUT2D eigenvalue weighted by Gasteiger charge is 2.21. The lowest BCUT2D eigenvalue weighted by molar-refractivity contribution is -0.115. The first-order valence-electron chi connectivity index (χ1n) is 8.11. The number of aryl methyl sites for hydroxylation is 2. The van der Waals surface area contributed by atoms with Crippen LogP contribution < -0.4 is 11.2 Å². The van der Waals surface area contributed by atoms with Crippen LogP contribution in [0.4, 0.5) is 5.69 Å². The van der Waals surface area contributed by atoms with Crippen LogP contribution in [-0.4, -0.2) is 35.8 Å². The van der Waals surface area contributed by atoms with Gasteiger partial charge in [0.2, 0.25) is 11.1 Å². The largest absolute Gasteiger partial charge is 0.334 e. The van der Waals surface area contributed by atoms with Crippen LogP contribution in [0.15, 0.2) is 35.5 Å². The number of aromatic nitrogens is 5. The molecule has 138 valence electrons. The van der Waals surface area contributed by atoms with E-state index in [-0.39, 0.29) is 5.91 Å². The Hall–Kier alpha value is -3.32. The molecule has 0 bridgehead atoms. The molecule has 0 spiro atoms. The van der Waals surface area contributed by atoms with Crippen molar-refractivity contribution in [3.63, 3.8) is 0 Å². The molecule has 0 aliphatic rings. The molecule has 2 heterocycles. The fourth-order valence-electron chi connectivity index (χ4n) is 2.46. The summed E-state index contributed by atoms with van der Waals surface area (Å²) in [5.74, 6) is 6.20. The molecule has 9 nitrogen and oxygen atoms in total. The van der Waals surface area contributed by atoms with E-state index in [1.54, 1.807) is 35.9 Å². The van der Waals surface area contributed by atoms with Crippen LogP contribution in [0.5, 0.6) is 0 Å². The van der Waals surface area contributed by atoms with Gasteiger partial charge in [-0.3, -0.25) is 4.79 Å². The normalized spacial score (nSPS) is 11.8. The Labute approximate surface area is 160 Å². The lowest BCUT2D eigenvalue weighted by atomic mass is 10.2. The van der Waals surface area contributed by atoms with Gasteiger partial charge in [-0.15, -0.1) is 10.2 Å². The minimum Gasteiger partial charge on any atom is -0.334 e. The van der Waals surface area contributed by atoms with Gasteiger partial charge >= 0.3 is 0 Å². The van der Waals surface area contributed by atoms with Crippen LogP contribution in [0.1, 0.15) is 23.9 Å². The lowest BCUT2D eigenvalue weighted by Crippen LogP contribution is -2.24. The number of nitriles is 1. The fourth-order valence-corrected chi connectivity index (χ4v) is 3.23. The zero-order valence-electron chi connectivity index (χ0n) is 15.0. The van der Waals surface area contributed by atoms with Gasteiger partial charge in [0.1, 0.15) is 6.07 Å². The number of anilines is 1. The van der Waals surface area contributed by atoms with Crippen molar-refractivity contribution in [3.05, 3.63) is 47.3 Å². The predicted molar refractivity (Wildman–Crippen MR) is 102 cm³/mol. The number of carbonyl (C=O) groups is 1. The summed E-state index contributed by atoms with van der Waals surface area (Å²) in [5.41, 5.74) is 2.59. The molecule has 0 aliphatic carbocycles. The van der Waals surface area contributed by atoms with Crippen LogP contribution >= 0.6 is 11.8 Å². The average molecular weight is 382 g/mol. The second-order valence-corrected chi connectivity index (χ2v) is 7.21. The van der Waals surface area contributed by atoms with Crippen molar-refractivity contribution in [3.8, 4) is 12.0 Å². The second kappa shape index (κ2) is 7.51. The number of rotatable bonds is 5. The molecule has 0 aliphatic heterocycles. The van der Waals surface area contributed by atoms with Crippen molar-refractivity contribution in [1.29, 1.82) is 5.26 Å². The van der Waals surface area contributed by atoms with Gasteiger partial charge < -0.3 is 11.2 Å². The van der Waals surface area contributed by atoms with E-state index < -0.39 is 5.25 Å². The molecule has 0 saturated heterocycles. The molecule has 0 radical (unpaired) electrons. The zero-order chi connectivity index (χ0) is 19.6. The number of thioether (sulfide) groups is 1. The summed E-state index contributed by atoms with van der Waals surface area (Å²) in [6.07, 6.45) is 0. The molecule has 1 amide bonds. The SMILES string of the molecule is Cc1cc(C)n(-c2nnc(S[C@@H](C)C(=O)Nc3ccccc3C#N)n2N)n1. The van der Waals surface area contributed by atoms with Gasteiger partial charge in [0.25, 0.3) is 5.95 Å². The maximum absolute atomic E-state index is 12.5. The highest BCUT2D eigenvalue weighted by molar-refractivity contribution is 8.00. The Morgan fingerprint density at radius 3 is 2.74 bits per heavy atom. The van der Waals surface area contributed by atoms with E-state index in [9.17, 15) is 4.79 Å². The van der Waals surface area contributed by atoms with Crippen molar-refractivity contribution in [1.82, 2.24) is 24.7 Å². The number of hydrogen-bond donors (Lipinski definition) is 2. The van der Waals surface area contributed by atoms with Crippen LogP contribution in [0.2, 0.25) is 0 Å². The summed E-state index contributed by atoms with van der Waals surface area (Å²) in [5, 5.41) is 24.2. The quantitative estimate of drug-likeness (QED) is 0.508. The molecule has 2 aromatic heterocycles. The summed E-state index contributed by atoms with van der Waals surface area (Å²) in [4.78, 5) is 12.5. The van der Waals surface area contributed by atoms with E-state index in [0.717, 1.165) is 11.4 Å². The molecular weight excluding hydrogens is 364 g/mol. The Morgan fingerprint density at radius 2 is 2.07 bits per heavy atom. The van der Waals surface area contributed by atoms with E-state index in [1.165, 1.54) is 16.4 Å². The number of nitrogens with zero attached hydrogens (tertiary/aromatic N) is 6. The van der Waals surface area contributed by atoms with Crippen molar-refractivity contribution < 1.29 is 4.79 Å². The zero-order valence-corrected chi connectivity index (χ0v) is 15.9. The first-order chi connectivity index (χ1) is 12.9. The monoisotopic (exact) mass is 382 g/mol. The van der Waals surface area contributed by atoms with Crippen LogP contribution in [0.25, 0.3) is 5.95 Å². The molecule has 10 heteroatoms. The Balaban J connectivity index is 1.75. The highest BCUT2D eigenvalue weighted by atomic mass is 32.2. The van der Waals surface area contributed by atoms with Crippen LogP contribution in [-0.2, 0) is 4.79 Å². The third kappa shape index (κ3) is 3.78. The molecular formula is C17H18N8OS. The third-order valence-electron chi connectivity index (χ3n) is 3.80. The van der Waals surface area contributed by atoms with E-state index in [0.29, 0.717) is 22.4 Å². The minimum absolute atomic E-state index is 0.265. The number of hydrogen-bond acceptors (Lipinski definition) is 7. The van der Waals surface area contributed by atoms with Crippen LogP contribution in [0.3, 0.4) is 0 Å². The van der Waals surface area contributed by atoms with Gasteiger partial charge in [-0.05, 0) is 39.0 Å². The highest BCUT2D eigenvalue weighted by Crippen LogP contribution is 2.24. The smallest absolute Gasteiger partial charge is 0.271 e. The van der Waals surface area contributed by atoms with Gasteiger partial charge in [0, 0.05) is 5.69 Å². The molecule has 3 N–H and O–H groups in total.